The van der Waals surface area contributed by atoms with Gasteiger partial charge >= 0.3 is 0 Å². The molecule has 0 saturated heterocycles. The Hall–Kier alpha value is -0.600. The van der Waals surface area contributed by atoms with E-state index in [1.165, 1.54) is 12.1 Å². The Morgan fingerprint density at radius 3 is 2.56 bits per heavy atom. The normalized spacial score (nSPS) is 13.9. The minimum absolute atomic E-state index is 0.0339. The molecule has 1 atom stereocenters. The second-order valence-corrected chi connectivity index (χ2v) is 5.14. The second-order valence-electron chi connectivity index (χ2n) is 4.73. The molecule has 1 N–H and O–H groups in total. The quantitative estimate of drug-likeness (QED) is 0.837. The van der Waals surface area contributed by atoms with Crippen LogP contribution in [0.15, 0.2) is 18.2 Å². The molecule has 0 saturated carbocycles. The molecule has 0 aromatic heterocycles. The summed E-state index contributed by atoms with van der Waals surface area (Å²) in [5.74, 6) is -0.244. The van der Waals surface area contributed by atoms with Crippen molar-refractivity contribution in [2.45, 2.75) is 33.2 Å². The Balaban J connectivity index is 3.18. The number of hydrogen-bond acceptors (Lipinski definition) is 1. The summed E-state index contributed by atoms with van der Waals surface area (Å²) in [7, 11) is 1.88. The number of hydrogen-bond donors (Lipinski definition) is 1. The number of benzene rings is 1. The maximum atomic E-state index is 13.2. The zero-order valence-electron chi connectivity index (χ0n) is 10.3. The van der Waals surface area contributed by atoms with E-state index in [0.29, 0.717) is 5.02 Å². The average molecular weight is 244 g/mol. The third-order valence-corrected chi connectivity index (χ3v) is 3.59. The molecule has 90 valence electrons. The topological polar surface area (TPSA) is 12.0 Å². The summed E-state index contributed by atoms with van der Waals surface area (Å²) < 4.78 is 13.2. The van der Waals surface area contributed by atoms with Crippen molar-refractivity contribution in [3.63, 3.8) is 0 Å². The molecule has 1 unspecified atom stereocenters. The molecule has 1 nitrogen and oxygen atoms in total. The fourth-order valence-corrected chi connectivity index (χ4v) is 2.13. The van der Waals surface area contributed by atoms with Crippen LogP contribution in [0, 0.1) is 11.2 Å². The minimum atomic E-state index is -0.244. The van der Waals surface area contributed by atoms with Gasteiger partial charge in [0.25, 0.3) is 0 Å². The first-order valence-electron chi connectivity index (χ1n) is 5.54. The van der Waals surface area contributed by atoms with Crippen molar-refractivity contribution in [1.29, 1.82) is 0 Å². The monoisotopic (exact) mass is 243 g/mol. The zero-order chi connectivity index (χ0) is 12.3. The maximum Gasteiger partial charge on any atom is 0.123 e. The van der Waals surface area contributed by atoms with Crippen LogP contribution in [0.1, 0.15) is 38.8 Å². The lowest BCUT2D eigenvalue weighted by atomic mass is 9.78. The summed E-state index contributed by atoms with van der Waals surface area (Å²) in [6, 6.07) is 4.57. The smallest absolute Gasteiger partial charge is 0.123 e. The lowest BCUT2D eigenvalue weighted by Crippen LogP contribution is -2.31. The fourth-order valence-electron chi connectivity index (χ4n) is 1.91. The molecule has 0 aliphatic rings. The molecule has 0 aliphatic carbocycles. The van der Waals surface area contributed by atoms with Crippen molar-refractivity contribution < 1.29 is 4.39 Å². The van der Waals surface area contributed by atoms with Crippen LogP contribution in [0.25, 0.3) is 0 Å². The third kappa shape index (κ3) is 2.74. The molecule has 0 heterocycles. The van der Waals surface area contributed by atoms with Gasteiger partial charge in [0.15, 0.2) is 0 Å². The highest BCUT2D eigenvalue weighted by Crippen LogP contribution is 2.38. The van der Waals surface area contributed by atoms with Gasteiger partial charge in [0, 0.05) is 11.1 Å². The van der Waals surface area contributed by atoms with E-state index in [4.69, 9.17) is 11.6 Å². The van der Waals surface area contributed by atoms with Crippen LogP contribution in [-0.4, -0.2) is 7.05 Å². The van der Waals surface area contributed by atoms with Crippen molar-refractivity contribution in [3.05, 3.63) is 34.6 Å². The summed E-state index contributed by atoms with van der Waals surface area (Å²) >= 11 is 6.13. The van der Waals surface area contributed by atoms with Gasteiger partial charge in [-0.1, -0.05) is 32.4 Å². The van der Waals surface area contributed by atoms with Gasteiger partial charge in [0.05, 0.1) is 0 Å². The van der Waals surface area contributed by atoms with E-state index in [2.05, 4.69) is 26.1 Å². The SMILES string of the molecule is CCC(C)(C)C(NC)c1cc(F)ccc1Cl. The van der Waals surface area contributed by atoms with Crippen LogP contribution in [0.5, 0.6) is 0 Å². The zero-order valence-corrected chi connectivity index (χ0v) is 11.0. The summed E-state index contributed by atoms with van der Waals surface area (Å²) in [6.45, 7) is 6.42. The van der Waals surface area contributed by atoms with E-state index < -0.39 is 0 Å². The molecule has 0 radical (unpaired) electrons. The van der Waals surface area contributed by atoms with Crippen LogP contribution in [0.3, 0.4) is 0 Å². The highest BCUT2D eigenvalue weighted by atomic mass is 35.5. The van der Waals surface area contributed by atoms with Crippen LogP contribution in [-0.2, 0) is 0 Å². The summed E-state index contributed by atoms with van der Waals surface area (Å²) in [6.07, 6.45) is 0.991. The van der Waals surface area contributed by atoms with E-state index in [1.54, 1.807) is 6.07 Å². The van der Waals surface area contributed by atoms with Crippen LogP contribution >= 0.6 is 11.6 Å². The van der Waals surface area contributed by atoms with Gasteiger partial charge in [-0.3, -0.25) is 0 Å². The van der Waals surface area contributed by atoms with E-state index in [1.807, 2.05) is 7.05 Å². The summed E-state index contributed by atoms with van der Waals surface area (Å²) in [4.78, 5) is 0. The highest BCUT2D eigenvalue weighted by Gasteiger charge is 2.29. The maximum absolute atomic E-state index is 13.2. The molecule has 0 aliphatic heterocycles. The molecule has 16 heavy (non-hydrogen) atoms. The first-order chi connectivity index (χ1) is 7.42. The fraction of sp³-hybridized carbons (Fsp3) is 0.538. The first kappa shape index (κ1) is 13.5. The highest BCUT2D eigenvalue weighted by molar-refractivity contribution is 6.31. The lowest BCUT2D eigenvalue weighted by Gasteiger charge is -2.34. The molecule has 0 fully saturated rings. The van der Waals surface area contributed by atoms with Gasteiger partial charge in [-0.05, 0) is 42.6 Å². The van der Waals surface area contributed by atoms with Crippen molar-refractivity contribution in [1.82, 2.24) is 5.32 Å². The van der Waals surface area contributed by atoms with Gasteiger partial charge in [0.2, 0.25) is 0 Å². The van der Waals surface area contributed by atoms with Gasteiger partial charge < -0.3 is 5.32 Å². The third-order valence-electron chi connectivity index (χ3n) is 3.25. The largest absolute Gasteiger partial charge is 0.313 e. The molecule has 0 spiro atoms. The van der Waals surface area contributed by atoms with Gasteiger partial charge in [-0.15, -0.1) is 0 Å². The lowest BCUT2D eigenvalue weighted by molar-refractivity contribution is 0.245. The summed E-state index contributed by atoms with van der Waals surface area (Å²) in [5.41, 5.74) is 0.864. The molecular formula is C13H19ClFN. The van der Waals surface area contributed by atoms with Gasteiger partial charge in [-0.2, -0.15) is 0 Å². The molecule has 0 amide bonds. The predicted octanol–water partition coefficient (Wildman–Crippen LogP) is 4.18. The van der Waals surface area contributed by atoms with E-state index in [0.717, 1.165) is 12.0 Å². The van der Waals surface area contributed by atoms with E-state index in [-0.39, 0.29) is 17.3 Å². The molecule has 0 bridgehead atoms. The van der Waals surface area contributed by atoms with Gasteiger partial charge in [-0.25, -0.2) is 4.39 Å². The Kier molecular flexibility index (Phi) is 4.34. The Bertz CT molecular complexity index is 363. The van der Waals surface area contributed by atoms with E-state index in [9.17, 15) is 4.39 Å². The van der Waals surface area contributed by atoms with Crippen molar-refractivity contribution in [2.75, 3.05) is 7.05 Å². The van der Waals surface area contributed by atoms with Gasteiger partial charge in [0.1, 0.15) is 5.82 Å². The van der Waals surface area contributed by atoms with Crippen molar-refractivity contribution >= 4 is 11.6 Å². The molecule has 1 rings (SSSR count). The predicted molar refractivity (Wildman–Crippen MR) is 67.3 cm³/mol. The Morgan fingerprint density at radius 2 is 2.06 bits per heavy atom. The molecule has 1 aromatic rings. The van der Waals surface area contributed by atoms with E-state index >= 15 is 0 Å². The second kappa shape index (κ2) is 5.15. The molecular weight excluding hydrogens is 225 g/mol. The number of halogens is 2. The Labute approximate surface area is 102 Å². The number of rotatable bonds is 4. The first-order valence-corrected chi connectivity index (χ1v) is 5.92. The molecule has 1 aromatic carbocycles. The minimum Gasteiger partial charge on any atom is -0.313 e. The van der Waals surface area contributed by atoms with Crippen LogP contribution in [0.4, 0.5) is 4.39 Å². The van der Waals surface area contributed by atoms with Crippen LogP contribution < -0.4 is 5.32 Å². The van der Waals surface area contributed by atoms with Crippen molar-refractivity contribution in [3.8, 4) is 0 Å². The average Bonchev–Trinajstić information content (AvgIpc) is 2.24. The van der Waals surface area contributed by atoms with Crippen molar-refractivity contribution in [2.24, 2.45) is 5.41 Å². The Morgan fingerprint density at radius 1 is 1.44 bits per heavy atom. The summed E-state index contributed by atoms with van der Waals surface area (Å²) in [5, 5.41) is 3.84. The molecule has 3 heteroatoms. The van der Waals surface area contributed by atoms with Crippen LogP contribution in [0.2, 0.25) is 5.02 Å². The number of nitrogens with one attached hydrogen (secondary N) is 1. The standard InChI is InChI=1S/C13H19ClFN/c1-5-13(2,3)12(16-4)10-8-9(15)6-7-11(10)14/h6-8,12,16H,5H2,1-4H3.